The van der Waals surface area contributed by atoms with Gasteiger partial charge in [0.2, 0.25) is 0 Å². The normalized spacial score (nSPS) is 12.4. The largest absolute Gasteiger partial charge is 0.477 e. The molecule has 9 heteroatoms. The van der Waals surface area contributed by atoms with Crippen LogP contribution < -0.4 is 21.9 Å². The van der Waals surface area contributed by atoms with E-state index in [1.807, 2.05) is 34.2 Å². The van der Waals surface area contributed by atoms with Crippen molar-refractivity contribution >= 4 is 28.4 Å². The van der Waals surface area contributed by atoms with Crippen LogP contribution in [0.2, 0.25) is 0 Å². The van der Waals surface area contributed by atoms with Gasteiger partial charge in [0.1, 0.15) is 11.5 Å². The van der Waals surface area contributed by atoms with Gasteiger partial charge in [0.15, 0.2) is 0 Å². The molecule has 2 aromatic heterocycles. The molecule has 0 atom stereocenters. The molecule has 1 aromatic carbocycles. The second-order valence-electron chi connectivity index (χ2n) is 5.82. The Morgan fingerprint density at radius 1 is 1.27 bits per heavy atom. The number of hydrogen-bond acceptors (Lipinski definition) is 6. The molecule has 0 radical (unpaired) electrons. The molecule has 1 aliphatic rings. The lowest BCUT2D eigenvalue weighted by atomic mass is 10.1. The van der Waals surface area contributed by atoms with Crippen LogP contribution in [0.3, 0.4) is 0 Å². The number of hydrogen-bond donors (Lipinski definition) is 4. The number of carbonyl (C=O) groups is 1. The van der Waals surface area contributed by atoms with Crippen LogP contribution in [-0.4, -0.2) is 39.6 Å². The number of likely N-dealkylation sites (N-methyl/N-ethyl adjacent to an activating group) is 1. The first-order valence-electron chi connectivity index (χ1n) is 7.82. The molecule has 3 aromatic rings. The van der Waals surface area contributed by atoms with E-state index in [0.717, 1.165) is 41.4 Å². The Labute approximate surface area is 147 Å². The molecule has 26 heavy (non-hydrogen) atoms. The predicted molar refractivity (Wildman–Crippen MR) is 97.8 cm³/mol. The summed E-state index contributed by atoms with van der Waals surface area (Å²) in [5.41, 5.74) is 7.29. The highest BCUT2D eigenvalue weighted by Gasteiger charge is 2.21. The van der Waals surface area contributed by atoms with Crippen LogP contribution >= 0.6 is 0 Å². The average molecular weight is 355 g/mol. The van der Waals surface area contributed by atoms with E-state index in [0.29, 0.717) is 0 Å². The molecule has 1 aliphatic heterocycles. The maximum atomic E-state index is 10.5. The molecule has 9 nitrogen and oxygen atoms in total. The zero-order valence-corrected chi connectivity index (χ0v) is 13.9. The predicted octanol–water partition coefficient (Wildman–Crippen LogP) is 0.571. The number of anilines is 2. The van der Waals surface area contributed by atoms with Crippen LogP contribution in [0, 0.1) is 0 Å². The first-order valence-corrected chi connectivity index (χ1v) is 7.82. The van der Waals surface area contributed by atoms with Crippen molar-refractivity contribution in [3.05, 3.63) is 62.4 Å². The van der Waals surface area contributed by atoms with Gasteiger partial charge in [-0.05, 0) is 12.5 Å². The van der Waals surface area contributed by atoms with E-state index in [1.165, 1.54) is 5.56 Å². The molecule has 0 saturated carbocycles. The number of rotatable bonds is 1. The standard InChI is InChI=1S/C12H13N3.C5H4N2O4/c1-15-7-6-9-11(13)8-4-2-3-5-10(8)14-12(9)15;8-3-1-2(4(9)10)6-5(11)7-3/h2-5H,6-7H2,1H3,(H2,13,14);1H,(H,9,10)(H2,6,7,8,11). The first kappa shape index (κ1) is 17.2. The molecule has 0 bridgehead atoms. The number of nitrogens with zero attached hydrogens (tertiary/aromatic N) is 2. The van der Waals surface area contributed by atoms with Crippen LogP contribution in [0.1, 0.15) is 16.1 Å². The van der Waals surface area contributed by atoms with Crippen LogP contribution in [0.25, 0.3) is 10.9 Å². The Morgan fingerprint density at radius 3 is 2.69 bits per heavy atom. The monoisotopic (exact) mass is 355 g/mol. The Bertz CT molecular complexity index is 1070. The Morgan fingerprint density at radius 2 is 2.00 bits per heavy atom. The maximum absolute atomic E-state index is 10.5. The van der Waals surface area contributed by atoms with Gasteiger partial charge in [-0.1, -0.05) is 18.2 Å². The highest BCUT2D eigenvalue weighted by Crippen LogP contribution is 2.34. The van der Waals surface area contributed by atoms with E-state index < -0.39 is 22.9 Å². The third-order valence-corrected chi connectivity index (χ3v) is 4.07. The number of aromatic nitrogens is 3. The molecular weight excluding hydrogens is 338 g/mol. The summed E-state index contributed by atoms with van der Waals surface area (Å²) in [6.07, 6.45) is 1.01. The summed E-state index contributed by atoms with van der Waals surface area (Å²) >= 11 is 0. The van der Waals surface area contributed by atoms with Crippen LogP contribution in [0.5, 0.6) is 0 Å². The lowest BCUT2D eigenvalue weighted by molar-refractivity contribution is 0.0689. The van der Waals surface area contributed by atoms with Crippen molar-refractivity contribution < 1.29 is 9.90 Å². The molecular formula is C17H17N5O4. The van der Waals surface area contributed by atoms with Gasteiger partial charge in [0, 0.05) is 36.3 Å². The van der Waals surface area contributed by atoms with E-state index in [1.54, 1.807) is 0 Å². The van der Waals surface area contributed by atoms with Gasteiger partial charge < -0.3 is 20.7 Å². The molecule has 5 N–H and O–H groups in total. The van der Waals surface area contributed by atoms with Crippen molar-refractivity contribution in [3.8, 4) is 0 Å². The third-order valence-electron chi connectivity index (χ3n) is 4.07. The Kier molecular flexibility index (Phi) is 4.44. The van der Waals surface area contributed by atoms with Crippen molar-refractivity contribution in [2.45, 2.75) is 6.42 Å². The number of carboxylic acid groups (broad SMARTS) is 1. The summed E-state index contributed by atoms with van der Waals surface area (Å²) in [6, 6.07) is 8.85. The fourth-order valence-electron chi connectivity index (χ4n) is 2.80. The number of H-pyrrole nitrogens is 2. The third kappa shape index (κ3) is 3.27. The van der Waals surface area contributed by atoms with Gasteiger partial charge in [-0.15, -0.1) is 0 Å². The lowest BCUT2D eigenvalue weighted by Crippen LogP contribution is -2.24. The van der Waals surface area contributed by atoms with Gasteiger partial charge in [0.25, 0.3) is 5.56 Å². The highest BCUT2D eigenvalue weighted by atomic mass is 16.4. The van der Waals surface area contributed by atoms with E-state index >= 15 is 0 Å². The minimum atomic E-state index is -1.34. The summed E-state index contributed by atoms with van der Waals surface area (Å²) in [5, 5.41) is 9.39. The quantitative estimate of drug-likeness (QED) is 0.499. The van der Waals surface area contributed by atoms with Crippen molar-refractivity contribution in [1.82, 2.24) is 15.0 Å². The van der Waals surface area contributed by atoms with E-state index in [-0.39, 0.29) is 0 Å². The summed E-state index contributed by atoms with van der Waals surface area (Å²) < 4.78 is 0. The van der Waals surface area contributed by atoms with Gasteiger partial charge in [-0.2, -0.15) is 0 Å². The van der Waals surface area contributed by atoms with Crippen molar-refractivity contribution in [1.29, 1.82) is 0 Å². The van der Waals surface area contributed by atoms with Gasteiger partial charge in [-0.3, -0.25) is 9.78 Å². The summed E-state index contributed by atoms with van der Waals surface area (Å²) in [4.78, 5) is 41.7. The number of aromatic carboxylic acids is 1. The summed E-state index contributed by atoms with van der Waals surface area (Å²) in [7, 11) is 2.06. The van der Waals surface area contributed by atoms with Crippen LogP contribution in [-0.2, 0) is 6.42 Å². The summed E-state index contributed by atoms with van der Waals surface area (Å²) in [6.45, 7) is 1.02. The number of nitrogens with two attached hydrogens (primary N) is 1. The van der Waals surface area contributed by atoms with Crippen molar-refractivity contribution in [3.63, 3.8) is 0 Å². The smallest absolute Gasteiger partial charge is 0.352 e. The molecule has 0 aliphatic carbocycles. The average Bonchev–Trinajstić information content (AvgIpc) is 2.96. The fourth-order valence-corrected chi connectivity index (χ4v) is 2.80. The number of fused-ring (bicyclic) bond motifs is 2. The number of nitrogen functional groups attached to an aromatic ring is 1. The number of pyridine rings is 1. The summed E-state index contributed by atoms with van der Waals surface area (Å²) in [5.74, 6) is -0.292. The van der Waals surface area contributed by atoms with Crippen LogP contribution in [0.4, 0.5) is 11.5 Å². The van der Waals surface area contributed by atoms with Gasteiger partial charge in [0.05, 0.1) is 5.52 Å². The van der Waals surface area contributed by atoms with E-state index in [9.17, 15) is 14.4 Å². The molecule has 3 heterocycles. The number of nitrogens with one attached hydrogen (secondary N) is 2. The van der Waals surface area contributed by atoms with Crippen molar-refractivity contribution in [2.24, 2.45) is 0 Å². The molecule has 134 valence electrons. The minimum Gasteiger partial charge on any atom is -0.477 e. The second kappa shape index (κ2) is 6.71. The zero-order chi connectivity index (χ0) is 18.8. The molecule has 0 amide bonds. The molecule has 0 spiro atoms. The molecule has 0 fully saturated rings. The van der Waals surface area contributed by atoms with Gasteiger partial charge >= 0.3 is 11.7 Å². The SMILES string of the molecule is CN1CCc2c1nc1ccccc1c2N.O=C(O)c1cc(=O)[nH]c(=O)[nH]1. The van der Waals surface area contributed by atoms with Gasteiger partial charge in [-0.25, -0.2) is 14.6 Å². The second-order valence-corrected chi connectivity index (χ2v) is 5.82. The zero-order valence-electron chi connectivity index (χ0n) is 13.9. The molecule has 0 unspecified atom stereocenters. The number of aromatic amines is 2. The fraction of sp³-hybridized carbons (Fsp3) is 0.176. The number of carboxylic acids is 1. The topological polar surface area (TPSA) is 145 Å². The molecule has 4 rings (SSSR count). The number of para-hydroxylation sites is 1. The Balaban J connectivity index is 0.000000160. The first-order chi connectivity index (χ1) is 12.4. The minimum absolute atomic E-state index is 0.418. The van der Waals surface area contributed by atoms with Crippen LogP contribution in [0.15, 0.2) is 39.9 Å². The molecule has 0 saturated heterocycles. The Hall–Kier alpha value is -3.62. The lowest BCUT2D eigenvalue weighted by Gasteiger charge is -2.12. The van der Waals surface area contributed by atoms with Crippen molar-refractivity contribution in [2.75, 3.05) is 24.2 Å². The van der Waals surface area contributed by atoms with E-state index in [2.05, 4.69) is 16.9 Å². The maximum Gasteiger partial charge on any atom is 0.352 e. The van der Waals surface area contributed by atoms with E-state index in [4.69, 9.17) is 10.8 Å². The highest BCUT2D eigenvalue weighted by molar-refractivity contribution is 5.94. The number of benzene rings is 1.